The van der Waals surface area contributed by atoms with E-state index in [1.165, 1.54) is 11.3 Å². The molecule has 0 spiro atoms. The van der Waals surface area contributed by atoms with Gasteiger partial charge in [-0.25, -0.2) is 8.42 Å². The fourth-order valence-electron chi connectivity index (χ4n) is 1.86. The highest BCUT2D eigenvalue weighted by molar-refractivity contribution is 7.91. The maximum absolute atomic E-state index is 12.1. The van der Waals surface area contributed by atoms with Gasteiger partial charge in [0.25, 0.3) is 10.0 Å². The number of sulfonamides is 1. The number of nitrogens with one attached hydrogen (secondary N) is 1. The molecule has 0 radical (unpaired) electrons. The number of methoxy groups -OCH3 is 1. The van der Waals surface area contributed by atoms with Gasteiger partial charge in [-0.1, -0.05) is 30.9 Å². The summed E-state index contributed by atoms with van der Waals surface area (Å²) >= 11 is 1.27. The van der Waals surface area contributed by atoms with Crippen LogP contribution in [0.3, 0.4) is 0 Å². The van der Waals surface area contributed by atoms with E-state index in [1.807, 2.05) is 25.1 Å². The molecule has 0 saturated carbocycles. The summed E-state index contributed by atoms with van der Waals surface area (Å²) in [6, 6.07) is 10.7. The Kier molecular flexibility index (Phi) is 6.67. The lowest BCUT2D eigenvalue weighted by atomic mass is 10.3. The predicted molar refractivity (Wildman–Crippen MR) is 95.2 cm³/mol. The predicted octanol–water partition coefficient (Wildman–Crippen LogP) is 2.68. The van der Waals surface area contributed by atoms with Crippen molar-refractivity contribution in [3.05, 3.63) is 41.3 Å². The molecule has 1 aromatic carbocycles. The van der Waals surface area contributed by atoms with Crippen molar-refractivity contribution < 1.29 is 17.9 Å². The maximum atomic E-state index is 12.1. The van der Waals surface area contributed by atoms with Crippen molar-refractivity contribution in [1.29, 1.82) is 0 Å². The van der Waals surface area contributed by atoms with Crippen LogP contribution in [0.4, 0.5) is 0 Å². The SMILES string of the molecule is CCc1ccc(S(=O)(=O)NCC#CCOc2ccccc2OC)s1. The number of hydrogen-bond donors (Lipinski definition) is 1. The number of thiophene rings is 1. The number of para-hydroxylation sites is 2. The van der Waals surface area contributed by atoms with Crippen LogP contribution in [0.1, 0.15) is 11.8 Å². The first-order valence-corrected chi connectivity index (χ1v) is 9.66. The van der Waals surface area contributed by atoms with Crippen LogP contribution in [0.5, 0.6) is 11.5 Å². The number of benzene rings is 1. The fraction of sp³-hybridized carbons (Fsp3) is 0.294. The molecular weight excluding hydrogens is 346 g/mol. The van der Waals surface area contributed by atoms with Gasteiger partial charge in [0, 0.05) is 4.88 Å². The Morgan fingerprint density at radius 1 is 1.12 bits per heavy atom. The minimum Gasteiger partial charge on any atom is -0.493 e. The molecule has 1 heterocycles. The summed E-state index contributed by atoms with van der Waals surface area (Å²) in [6.45, 7) is 2.18. The number of ether oxygens (including phenoxy) is 2. The lowest BCUT2D eigenvalue weighted by Gasteiger charge is -2.07. The summed E-state index contributed by atoms with van der Waals surface area (Å²) in [7, 11) is -1.93. The van der Waals surface area contributed by atoms with Gasteiger partial charge >= 0.3 is 0 Å². The first-order chi connectivity index (χ1) is 11.6. The maximum Gasteiger partial charge on any atom is 0.250 e. The van der Waals surface area contributed by atoms with Crippen LogP contribution in [0.2, 0.25) is 0 Å². The number of hydrogen-bond acceptors (Lipinski definition) is 5. The van der Waals surface area contributed by atoms with Gasteiger partial charge in [-0.2, -0.15) is 4.72 Å². The molecule has 0 amide bonds. The van der Waals surface area contributed by atoms with E-state index in [0.29, 0.717) is 15.7 Å². The second kappa shape index (κ2) is 8.73. The van der Waals surface area contributed by atoms with Gasteiger partial charge in [0.2, 0.25) is 0 Å². The third kappa shape index (κ3) is 4.99. The molecule has 0 aliphatic carbocycles. The van der Waals surface area contributed by atoms with Gasteiger partial charge in [0.1, 0.15) is 10.8 Å². The third-order valence-corrected chi connectivity index (χ3v) is 6.22. The van der Waals surface area contributed by atoms with Crippen LogP contribution >= 0.6 is 11.3 Å². The average molecular weight is 365 g/mol. The lowest BCUT2D eigenvalue weighted by molar-refractivity contribution is 0.331. The lowest BCUT2D eigenvalue weighted by Crippen LogP contribution is -2.23. The highest BCUT2D eigenvalue weighted by Crippen LogP contribution is 2.25. The van der Waals surface area contributed by atoms with E-state index in [0.717, 1.165) is 11.3 Å². The van der Waals surface area contributed by atoms with Crippen LogP contribution in [-0.2, 0) is 16.4 Å². The first kappa shape index (κ1) is 18.3. The molecule has 24 heavy (non-hydrogen) atoms. The van der Waals surface area contributed by atoms with E-state index in [1.54, 1.807) is 25.3 Å². The second-order valence-electron chi connectivity index (χ2n) is 4.69. The summed E-state index contributed by atoms with van der Waals surface area (Å²) in [5, 5.41) is 0. The molecule has 128 valence electrons. The molecular formula is C17H19NO4S2. The van der Waals surface area contributed by atoms with Gasteiger partial charge in [-0.15, -0.1) is 11.3 Å². The third-order valence-electron chi connectivity index (χ3n) is 3.09. The van der Waals surface area contributed by atoms with Gasteiger partial charge in [0.05, 0.1) is 13.7 Å². The van der Waals surface area contributed by atoms with Crippen molar-refractivity contribution in [3.63, 3.8) is 0 Å². The van der Waals surface area contributed by atoms with E-state index < -0.39 is 10.0 Å². The highest BCUT2D eigenvalue weighted by Gasteiger charge is 2.15. The van der Waals surface area contributed by atoms with Crippen LogP contribution in [0.25, 0.3) is 0 Å². The topological polar surface area (TPSA) is 64.6 Å². The van der Waals surface area contributed by atoms with Crippen LogP contribution in [-0.4, -0.2) is 28.7 Å². The molecule has 5 nitrogen and oxygen atoms in total. The van der Waals surface area contributed by atoms with E-state index in [9.17, 15) is 8.42 Å². The standard InChI is InChI=1S/C17H19NO4S2/c1-3-14-10-11-17(23-14)24(19,20)18-12-6-7-13-22-16-9-5-4-8-15(16)21-2/h4-5,8-11,18H,3,12-13H2,1-2H3. The van der Waals surface area contributed by atoms with E-state index in [2.05, 4.69) is 16.6 Å². The second-order valence-corrected chi connectivity index (χ2v) is 7.85. The molecule has 0 atom stereocenters. The molecule has 7 heteroatoms. The Hall–Kier alpha value is -2.01. The van der Waals surface area contributed by atoms with Gasteiger partial charge in [-0.3, -0.25) is 0 Å². The van der Waals surface area contributed by atoms with Crippen LogP contribution < -0.4 is 14.2 Å². The van der Waals surface area contributed by atoms with Crippen molar-refractivity contribution >= 4 is 21.4 Å². The quantitative estimate of drug-likeness (QED) is 0.766. The summed E-state index contributed by atoms with van der Waals surface area (Å²) in [5.74, 6) is 6.74. The van der Waals surface area contributed by atoms with Crippen molar-refractivity contribution in [3.8, 4) is 23.3 Å². The zero-order valence-corrected chi connectivity index (χ0v) is 15.2. The summed E-state index contributed by atoms with van der Waals surface area (Å²) in [4.78, 5) is 1.03. The Bertz CT molecular complexity index is 832. The van der Waals surface area contributed by atoms with Gasteiger partial charge in [-0.05, 0) is 30.7 Å². The normalized spacial score (nSPS) is 10.8. The minimum atomic E-state index is -3.49. The van der Waals surface area contributed by atoms with Crippen LogP contribution in [0, 0.1) is 11.8 Å². The minimum absolute atomic E-state index is 0.0387. The molecule has 1 aromatic heterocycles. The molecule has 0 unspecified atom stereocenters. The Morgan fingerprint density at radius 3 is 2.54 bits per heavy atom. The molecule has 1 N–H and O–H groups in total. The van der Waals surface area contributed by atoms with Crippen molar-refractivity contribution in [2.45, 2.75) is 17.6 Å². The monoisotopic (exact) mass is 365 g/mol. The largest absolute Gasteiger partial charge is 0.493 e. The highest BCUT2D eigenvalue weighted by atomic mass is 32.2. The molecule has 0 aliphatic rings. The van der Waals surface area contributed by atoms with Crippen LogP contribution in [0.15, 0.2) is 40.6 Å². The Balaban J connectivity index is 1.83. The first-order valence-electron chi connectivity index (χ1n) is 7.36. The summed E-state index contributed by atoms with van der Waals surface area (Å²) < 4.78 is 37.6. The van der Waals surface area contributed by atoms with E-state index >= 15 is 0 Å². The van der Waals surface area contributed by atoms with Crippen molar-refractivity contribution in [1.82, 2.24) is 4.72 Å². The van der Waals surface area contributed by atoms with E-state index in [4.69, 9.17) is 9.47 Å². The summed E-state index contributed by atoms with van der Waals surface area (Å²) in [6.07, 6.45) is 0.820. The molecule has 2 aromatic rings. The number of aryl methyl sites for hydroxylation is 1. The smallest absolute Gasteiger partial charge is 0.250 e. The Morgan fingerprint density at radius 2 is 1.88 bits per heavy atom. The number of rotatable bonds is 7. The summed E-state index contributed by atoms with van der Waals surface area (Å²) in [5.41, 5.74) is 0. The fourth-order valence-corrected chi connectivity index (χ4v) is 4.12. The zero-order chi connectivity index (χ0) is 17.4. The van der Waals surface area contributed by atoms with Crippen molar-refractivity contribution in [2.24, 2.45) is 0 Å². The zero-order valence-electron chi connectivity index (χ0n) is 13.5. The van der Waals surface area contributed by atoms with Crippen molar-refractivity contribution in [2.75, 3.05) is 20.3 Å². The van der Waals surface area contributed by atoms with E-state index in [-0.39, 0.29) is 13.2 Å². The van der Waals surface area contributed by atoms with Gasteiger partial charge < -0.3 is 9.47 Å². The Labute approximate surface area is 146 Å². The molecule has 0 saturated heterocycles. The van der Waals surface area contributed by atoms with Gasteiger partial charge in [0.15, 0.2) is 11.5 Å². The molecule has 0 bridgehead atoms. The molecule has 0 aliphatic heterocycles. The molecule has 2 rings (SSSR count). The molecule has 0 fully saturated rings. The average Bonchev–Trinajstić information content (AvgIpc) is 3.08.